The van der Waals surface area contributed by atoms with Gasteiger partial charge in [-0.3, -0.25) is 4.90 Å². The summed E-state index contributed by atoms with van der Waals surface area (Å²) in [6.07, 6.45) is 2.17. The first kappa shape index (κ1) is 19.3. The normalized spacial score (nSPS) is 20.7. The van der Waals surface area contributed by atoms with Gasteiger partial charge in [0.05, 0.1) is 0 Å². The maximum atomic E-state index is 6.39. The van der Waals surface area contributed by atoms with E-state index in [1.807, 2.05) is 17.8 Å². The van der Waals surface area contributed by atoms with Gasteiger partial charge in [0, 0.05) is 67.3 Å². The van der Waals surface area contributed by atoms with Gasteiger partial charge in [0.25, 0.3) is 0 Å². The molecule has 1 saturated heterocycles. The minimum absolute atomic E-state index is 0.399. The molecule has 0 spiro atoms. The molecule has 2 aliphatic rings. The van der Waals surface area contributed by atoms with Crippen LogP contribution in [0.15, 0.2) is 52.3 Å². The van der Waals surface area contributed by atoms with Crippen molar-refractivity contribution in [3.05, 3.63) is 58.6 Å². The number of hydrogen-bond acceptors (Lipinski definition) is 4. The summed E-state index contributed by atoms with van der Waals surface area (Å²) < 4.78 is 5.19. The van der Waals surface area contributed by atoms with Crippen molar-refractivity contribution in [2.45, 2.75) is 28.7 Å². The third kappa shape index (κ3) is 4.52. The van der Waals surface area contributed by atoms with Crippen LogP contribution in [0.3, 0.4) is 0 Å². The first-order valence-corrected chi connectivity index (χ1v) is 10.9. The summed E-state index contributed by atoms with van der Waals surface area (Å²) in [6, 6.07) is 15.6. The first-order chi connectivity index (χ1) is 13.2. The van der Waals surface area contributed by atoms with Gasteiger partial charge in [-0.2, -0.15) is 0 Å². The third-order valence-corrected chi connectivity index (χ3v) is 7.05. The smallest absolute Gasteiger partial charge is 0.0474 e. The standard InChI is InChI=1S/C22H27ClN2OS/c1-26-14-4-9-24-10-12-25(13-11-24)20-15-17-5-2-3-6-21(17)27-22-8-7-18(23)16-19(20)22/h2-3,5-8,16,20H,4,9-15H2,1H3/t20-/m1/s1. The number of benzene rings is 2. The molecule has 0 saturated carbocycles. The van der Waals surface area contributed by atoms with Crippen LogP contribution < -0.4 is 0 Å². The molecule has 0 bridgehead atoms. The predicted octanol–water partition coefficient (Wildman–Crippen LogP) is 4.74. The van der Waals surface area contributed by atoms with Gasteiger partial charge in [0.15, 0.2) is 0 Å². The lowest BCUT2D eigenvalue weighted by Gasteiger charge is -2.39. The van der Waals surface area contributed by atoms with Crippen LogP contribution in [0.2, 0.25) is 5.02 Å². The molecule has 27 heavy (non-hydrogen) atoms. The number of nitrogens with zero attached hydrogens (tertiary/aromatic N) is 2. The zero-order chi connectivity index (χ0) is 18.6. The summed E-state index contributed by atoms with van der Waals surface area (Å²) in [5.41, 5.74) is 2.83. The van der Waals surface area contributed by atoms with Crippen LogP contribution in [0.4, 0.5) is 0 Å². The minimum atomic E-state index is 0.399. The minimum Gasteiger partial charge on any atom is -0.385 e. The lowest BCUT2D eigenvalue weighted by atomic mass is 9.96. The van der Waals surface area contributed by atoms with E-state index in [2.05, 4.69) is 46.2 Å². The van der Waals surface area contributed by atoms with Crippen molar-refractivity contribution in [3.63, 3.8) is 0 Å². The van der Waals surface area contributed by atoms with Crippen molar-refractivity contribution in [2.24, 2.45) is 0 Å². The lowest BCUT2D eigenvalue weighted by molar-refractivity contribution is 0.0866. The Morgan fingerprint density at radius 3 is 2.70 bits per heavy atom. The monoisotopic (exact) mass is 402 g/mol. The van der Waals surface area contributed by atoms with Crippen molar-refractivity contribution in [1.82, 2.24) is 9.80 Å². The predicted molar refractivity (Wildman–Crippen MR) is 113 cm³/mol. The number of fused-ring (bicyclic) bond motifs is 2. The van der Waals surface area contributed by atoms with E-state index in [1.165, 1.54) is 20.9 Å². The Hall–Kier alpha value is -1.04. The molecule has 2 aromatic rings. The molecule has 2 aromatic carbocycles. The summed E-state index contributed by atoms with van der Waals surface area (Å²) in [4.78, 5) is 7.94. The third-order valence-electron chi connectivity index (χ3n) is 5.61. The Balaban J connectivity index is 1.54. The molecule has 1 fully saturated rings. The summed E-state index contributed by atoms with van der Waals surface area (Å²) in [6.45, 7) is 6.46. The van der Waals surface area contributed by atoms with Crippen molar-refractivity contribution in [1.29, 1.82) is 0 Å². The van der Waals surface area contributed by atoms with E-state index in [4.69, 9.17) is 16.3 Å². The second-order valence-electron chi connectivity index (χ2n) is 7.34. The van der Waals surface area contributed by atoms with Gasteiger partial charge in [-0.1, -0.05) is 41.6 Å². The molecule has 3 nitrogen and oxygen atoms in total. The van der Waals surface area contributed by atoms with E-state index in [0.29, 0.717) is 6.04 Å². The molecule has 4 rings (SSSR count). The summed E-state index contributed by atoms with van der Waals surface area (Å²) in [5.74, 6) is 0. The number of piperazine rings is 1. The van der Waals surface area contributed by atoms with E-state index >= 15 is 0 Å². The first-order valence-electron chi connectivity index (χ1n) is 9.75. The van der Waals surface area contributed by atoms with E-state index < -0.39 is 0 Å². The van der Waals surface area contributed by atoms with Gasteiger partial charge < -0.3 is 9.64 Å². The van der Waals surface area contributed by atoms with E-state index in [-0.39, 0.29) is 0 Å². The Labute approximate surface area is 171 Å². The fourth-order valence-corrected chi connectivity index (χ4v) is 5.43. The van der Waals surface area contributed by atoms with Gasteiger partial charge in [0.2, 0.25) is 0 Å². The highest BCUT2D eigenvalue weighted by atomic mass is 35.5. The summed E-state index contributed by atoms with van der Waals surface area (Å²) in [5, 5.41) is 0.837. The Bertz CT molecular complexity index is 777. The van der Waals surface area contributed by atoms with E-state index in [9.17, 15) is 0 Å². The Kier molecular flexibility index (Phi) is 6.41. The van der Waals surface area contributed by atoms with Crippen molar-refractivity contribution < 1.29 is 4.74 Å². The second-order valence-corrected chi connectivity index (χ2v) is 8.86. The van der Waals surface area contributed by atoms with E-state index in [1.54, 1.807) is 7.11 Å². The summed E-state index contributed by atoms with van der Waals surface area (Å²) in [7, 11) is 1.78. The zero-order valence-electron chi connectivity index (χ0n) is 15.9. The van der Waals surface area contributed by atoms with Crippen LogP contribution >= 0.6 is 23.4 Å². The van der Waals surface area contributed by atoms with Gasteiger partial charge in [-0.05, 0) is 48.2 Å². The molecular weight excluding hydrogens is 376 g/mol. The molecule has 0 N–H and O–H groups in total. The molecule has 0 aliphatic carbocycles. The maximum absolute atomic E-state index is 6.39. The highest BCUT2D eigenvalue weighted by Gasteiger charge is 2.30. The second kappa shape index (κ2) is 8.97. The molecule has 0 amide bonds. The fraction of sp³-hybridized carbons (Fsp3) is 0.455. The Morgan fingerprint density at radius 2 is 1.89 bits per heavy atom. The fourth-order valence-electron chi connectivity index (χ4n) is 4.14. The van der Waals surface area contributed by atoms with Crippen LogP contribution in [-0.4, -0.2) is 56.2 Å². The molecule has 1 atom stereocenters. The topological polar surface area (TPSA) is 15.7 Å². The molecule has 0 unspecified atom stereocenters. The number of methoxy groups -OCH3 is 1. The number of halogens is 1. The molecule has 2 aliphatic heterocycles. The molecule has 144 valence electrons. The number of hydrogen-bond donors (Lipinski definition) is 0. The average molecular weight is 403 g/mol. The van der Waals surface area contributed by atoms with Crippen LogP contribution in [0.1, 0.15) is 23.6 Å². The van der Waals surface area contributed by atoms with Crippen LogP contribution in [-0.2, 0) is 11.2 Å². The molecule has 0 aromatic heterocycles. The van der Waals surface area contributed by atoms with Crippen molar-refractivity contribution in [2.75, 3.05) is 46.4 Å². The molecule has 0 radical (unpaired) electrons. The highest BCUT2D eigenvalue weighted by Crippen LogP contribution is 2.43. The van der Waals surface area contributed by atoms with Gasteiger partial charge in [0.1, 0.15) is 0 Å². The van der Waals surface area contributed by atoms with Crippen molar-refractivity contribution in [3.8, 4) is 0 Å². The van der Waals surface area contributed by atoms with Crippen LogP contribution in [0, 0.1) is 0 Å². The summed E-state index contributed by atoms with van der Waals surface area (Å²) >= 11 is 8.28. The molecular formula is C22H27ClN2OS. The highest BCUT2D eigenvalue weighted by molar-refractivity contribution is 7.99. The van der Waals surface area contributed by atoms with Crippen LogP contribution in [0.25, 0.3) is 0 Å². The number of rotatable bonds is 5. The lowest BCUT2D eigenvalue weighted by Crippen LogP contribution is -2.48. The largest absolute Gasteiger partial charge is 0.385 e. The maximum Gasteiger partial charge on any atom is 0.0474 e. The van der Waals surface area contributed by atoms with Gasteiger partial charge in [-0.15, -0.1) is 0 Å². The van der Waals surface area contributed by atoms with E-state index in [0.717, 1.165) is 57.2 Å². The van der Waals surface area contributed by atoms with Gasteiger partial charge >= 0.3 is 0 Å². The quantitative estimate of drug-likeness (QED) is 0.671. The SMILES string of the molecule is COCCCN1CCN([C@@H]2Cc3ccccc3Sc3ccc(Cl)cc32)CC1. The van der Waals surface area contributed by atoms with Crippen LogP contribution in [0.5, 0.6) is 0 Å². The average Bonchev–Trinajstić information content (AvgIpc) is 2.85. The number of ether oxygens (including phenoxy) is 1. The molecule has 5 heteroatoms. The van der Waals surface area contributed by atoms with Crippen molar-refractivity contribution >= 4 is 23.4 Å². The zero-order valence-corrected chi connectivity index (χ0v) is 17.4. The molecule has 2 heterocycles. The van der Waals surface area contributed by atoms with Gasteiger partial charge in [-0.25, -0.2) is 0 Å². The Morgan fingerprint density at radius 1 is 1.07 bits per heavy atom.